The van der Waals surface area contributed by atoms with Crippen LogP contribution in [-0.4, -0.2) is 82.8 Å². The highest BCUT2D eigenvalue weighted by Crippen LogP contribution is 2.27. The maximum Gasteiger partial charge on any atom is 0.243 e. The molecule has 14 heteroatoms. The number of hydrogen-bond donors (Lipinski definition) is 7. The first-order chi connectivity index (χ1) is 30.5. The number of rotatable bonds is 21. The number of carbonyl (C=O) groups excluding carboxylic acids is 6. The monoisotopic (exact) mass is 851 g/mol. The Balaban J connectivity index is 0.926. The van der Waals surface area contributed by atoms with Crippen LogP contribution < -0.4 is 32.3 Å². The summed E-state index contributed by atoms with van der Waals surface area (Å²) in [4.78, 5) is 78.2. The third-order valence-electron chi connectivity index (χ3n) is 10.7. The van der Waals surface area contributed by atoms with Gasteiger partial charge in [-0.2, -0.15) is 0 Å². The highest BCUT2D eigenvalue weighted by Gasteiger charge is 2.24. The van der Waals surface area contributed by atoms with Gasteiger partial charge < -0.3 is 42.0 Å². The molecule has 0 radical (unpaired) electrons. The summed E-state index contributed by atoms with van der Waals surface area (Å²) in [7, 11) is 0. The number of aromatic hydroxyl groups is 1. The van der Waals surface area contributed by atoms with Crippen LogP contribution in [0.4, 0.5) is 0 Å². The lowest BCUT2D eigenvalue weighted by molar-refractivity contribution is -0.132. The minimum Gasteiger partial charge on any atom is -0.508 e. The lowest BCUT2D eigenvalue weighted by Gasteiger charge is -2.20. The van der Waals surface area contributed by atoms with E-state index < -0.39 is 48.3 Å². The normalized spacial score (nSPS) is 12.5. The zero-order valence-corrected chi connectivity index (χ0v) is 35.1. The molecule has 0 bridgehead atoms. The maximum atomic E-state index is 13.9. The molecule has 1 heterocycles. The van der Waals surface area contributed by atoms with Crippen LogP contribution in [-0.2, 0) is 43.4 Å². The van der Waals surface area contributed by atoms with E-state index in [0.29, 0.717) is 30.6 Å². The molecular formula is C49H53N7O7. The molecule has 0 aliphatic carbocycles. The molecule has 326 valence electrons. The standard InChI is InChI=1S/C49H53N7O7/c1-32(54-48(62)41(50)27-34-21-23-36(57)24-22-34)47(61)52-30-45(59)55-42(28-33-13-4-2-5-14-33)49(63)53-29-44(58)51-25-10-3-11-26-56-31-40(38-18-8-9-20-43(38)56)46(60)39-19-12-16-35-15-6-7-17-37(35)39/h2,4-9,12-24,31-32,41-42,57H,3,10-11,25-30,50H2,1H3,(H,51,58)(H,52,61)(H,53,63)(H,54,62)(H,55,59)/t32-,41+,42+/m1/s1. The minimum absolute atomic E-state index is 0.0193. The Morgan fingerprint density at radius 1 is 0.603 bits per heavy atom. The molecule has 0 fully saturated rings. The molecule has 6 aromatic rings. The van der Waals surface area contributed by atoms with Crippen LogP contribution >= 0.6 is 0 Å². The van der Waals surface area contributed by atoms with Crippen molar-refractivity contribution < 1.29 is 33.9 Å². The summed E-state index contributed by atoms with van der Waals surface area (Å²) >= 11 is 0. The molecule has 0 saturated carbocycles. The Kier molecular flexibility index (Phi) is 15.8. The summed E-state index contributed by atoms with van der Waals surface area (Å²) in [5.41, 5.74) is 9.82. The number of unbranched alkanes of at least 4 members (excludes halogenated alkanes) is 2. The van der Waals surface area contributed by atoms with Crippen LogP contribution in [0.2, 0.25) is 0 Å². The van der Waals surface area contributed by atoms with E-state index in [2.05, 4.69) is 31.2 Å². The average Bonchev–Trinajstić information content (AvgIpc) is 3.67. The predicted molar refractivity (Wildman–Crippen MR) is 242 cm³/mol. The van der Waals surface area contributed by atoms with Gasteiger partial charge in [-0.1, -0.05) is 103 Å². The van der Waals surface area contributed by atoms with Crippen molar-refractivity contribution in [3.05, 3.63) is 150 Å². The highest BCUT2D eigenvalue weighted by molar-refractivity contribution is 6.21. The number of nitrogens with zero attached hydrogens (tertiary/aromatic N) is 1. The van der Waals surface area contributed by atoms with Crippen LogP contribution in [0.5, 0.6) is 5.75 Å². The van der Waals surface area contributed by atoms with Crippen molar-refractivity contribution in [2.75, 3.05) is 19.6 Å². The molecule has 0 unspecified atom stereocenters. The summed E-state index contributed by atoms with van der Waals surface area (Å²) in [6.07, 6.45) is 4.59. The van der Waals surface area contributed by atoms with E-state index in [-0.39, 0.29) is 36.8 Å². The molecule has 0 spiro atoms. The van der Waals surface area contributed by atoms with Crippen LogP contribution in [0.25, 0.3) is 21.7 Å². The van der Waals surface area contributed by atoms with Crippen LogP contribution in [0, 0.1) is 0 Å². The summed E-state index contributed by atoms with van der Waals surface area (Å²) in [6, 6.07) is 33.8. The topological polar surface area (TPSA) is 214 Å². The number of aryl methyl sites for hydroxylation is 1. The van der Waals surface area contributed by atoms with Crippen LogP contribution in [0.3, 0.4) is 0 Å². The van der Waals surface area contributed by atoms with Crippen molar-refractivity contribution in [3.63, 3.8) is 0 Å². The Hall–Kier alpha value is -7.32. The number of amides is 5. The van der Waals surface area contributed by atoms with Gasteiger partial charge in [-0.25, -0.2) is 0 Å². The van der Waals surface area contributed by atoms with E-state index in [4.69, 9.17) is 5.73 Å². The van der Waals surface area contributed by atoms with E-state index in [9.17, 15) is 33.9 Å². The van der Waals surface area contributed by atoms with E-state index in [0.717, 1.165) is 45.6 Å². The number of phenolic OH excluding ortho intramolecular Hbond substituents is 1. The first-order valence-corrected chi connectivity index (χ1v) is 21.1. The largest absolute Gasteiger partial charge is 0.508 e. The molecule has 6 rings (SSSR count). The van der Waals surface area contributed by atoms with E-state index in [1.807, 2.05) is 79.0 Å². The fraction of sp³-hybridized carbons (Fsp3) is 0.265. The Morgan fingerprint density at radius 3 is 2.03 bits per heavy atom. The second-order valence-electron chi connectivity index (χ2n) is 15.5. The number of benzene rings is 5. The van der Waals surface area contributed by atoms with Gasteiger partial charge in [-0.05, 0) is 72.7 Å². The smallest absolute Gasteiger partial charge is 0.243 e. The lowest BCUT2D eigenvalue weighted by Crippen LogP contribution is -2.54. The molecule has 0 aliphatic heterocycles. The van der Waals surface area contributed by atoms with Crippen molar-refractivity contribution in [2.45, 2.75) is 63.7 Å². The molecular weight excluding hydrogens is 799 g/mol. The first kappa shape index (κ1) is 45.2. The molecule has 5 aromatic carbocycles. The van der Waals surface area contributed by atoms with Crippen molar-refractivity contribution in [1.82, 2.24) is 31.2 Å². The molecule has 0 aliphatic rings. The molecule has 14 nitrogen and oxygen atoms in total. The number of ketones is 1. The summed E-state index contributed by atoms with van der Waals surface area (Å²) in [6.45, 7) is 1.78. The fourth-order valence-corrected chi connectivity index (χ4v) is 7.34. The van der Waals surface area contributed by atoms with Gasteiger partial charge >= 0.3 is 0 Å². The molecule has 5 amide bonds. The van der Waals surface area contributed by atoms with E-state index in [1.54, 1.807) is 36.4 Å². The van der Waals surface area contributed by atoms with Crippen molar-refractivity contribution in [2.24, 2.45) is 5.73 Å². The van der Waals surface area contributed by atoms with Gasteiger partial charge in [0.05, 0.1) is 19.1 Å². The number of carbonyl (C=O) groups is 6. The maximum absolute atomic E-state index is 13.9. The van der Waals surface area contributed by atoms with Gasteiger partial charge in [-0.3, -0.25) is 28.8 Å². The number of aromatic nitrogens is 1. The third-order valence-corrected chi connectivity index (χ3v) is 10.7. The molecule has 1 aromatic heterocycles. The first-order valence-electron chi connectivity index (χ1n) is 21.1. The van der Waals surface area contributed by atoms with Crippen molar-refractivity contribution >= 4 is 57.0 Å². The number of phenols is 1. The highest BCUT2D eigenvalue weighted by atomic mass is 16.3. The van der Waals surface area contributed by atoms with Gasteiger partial charge in [0.15, 0.2) is 5.78 Å². The molecule has 0 saturated heterocycles. The van der Waals surface area contributed by atoms with Crippen molar-refractivity contribution in [3.8, 4) is 5.75 Å². The van der Waals surface area contributed by atoms with Crippen LogP contribution in [0.1, 0.15) is 53.2 Å². The lowest BCUT2D eigenvalue weighted by atomic mass is 9.97. The summed E-state index contributed by atoms with van der Waals surface area (Å²) in [5.74, 6) is -2.74. The number of hydrogen-bond acceptors (Lipinski definition) is 8. The Bertz CT molecular complexity index is 2550. The second-order valence-corrected chi connectivity index (χ2v) is 15.5. The molecule has 8 N–H and O–H groups in total. The SMILES string of the molecule is C[C@@H](NC(=O)[C@@H](N)Cc1ccc(O)cc1)C(=O)NCC(=O)N[C@@H](Cc1ccccc1)C(=O)NCC(=O)NCCCCCn1cc(C(=O)c2cccc3ccccc23)c2ccccc21. The number of para-hydroxylation sites is 1. The second kappa shape index (κ2) is 22.0. The molecule has 63 heavy (non-hydrogen) atoms. The van der Waals surface area contributed by atoms with Gasteiger partial charge in [-0.15, -0.1) is 0 Å². The van der Waals surface area contributed by atoms with Gasteiger partial charge in [0.25, 0.3) is 0 Å². The van der Waals surface area contributed by atoms with Crippen molar-refractivity contribution in [1.29, 1.82) is 0 Å². The summed E-state index contributed by atoms with van der Waals surface area (Å²) in [5, 5.41) is 25.4. The fourth-order valence-electron chi connectivity index (χ4n) is 7.34. The van der Waals surface area contributed by atoms with Gasteiger partial charge in [0.2, 0.25) is 29.5 Å². The van der Waals surface area contributed by atoms with Gasteiger partial charge in [0.1, 0.15) is 17.8 Å². The predicted octanol–water partition coefficient (Wildman–Crippen LogP) is 4.05. The minimum atomic E-state index is -1.05. The molecule has 3 atom stereocenters. The Labute approximate surface area is 365 Å². The zero-order valence-electron chi connectivity index (χ0n) is 35.1. The Morgan fingerprint density at radius 2 is 1.25 bits per heavy atom. The average molecular weight is 852 g/mol. The number of nitrogens with two attached hydrogens (primary N) is 1. The number of fused-ring (bicyclic) bond motifs is 2. The summed E-state index contributed by atoms with van der Waals surface area (Å²) < 4.78 is 2.11. The zero-order chi connectivity index (χ0) is 44.7. The van der Waals surface area contributed by atoms with E-state index >= 15 is 0 Å². The number of nitrogens with one attached hydrogen (secondary N) is 5. The quantitative estimate of drug-likeness (QED) is 0.0414. The van der Waals surface area contributed by atoms with Crippen LogP contribution in [0.15, 0.2) is 128 Å². The third kappa shape index (κ3) is 12.6. The van der Waals surface area contributed by atoms with Gasteiger partial charge in [0, 0.05) is 47.7 Å². The van der Waals surface area contributed by atoms with E-state index in [1.165, 1.54) is 19.1 Å².